The maximum absolute atomic E-state index is 12.3. The predicted molar refractivity (Wildman–Crippen MR) is 107 cm³/mol. The molecule has 0 saturated carbocycles. The molecular formula is C21H28N4O3. The van der Waals surface area contributed by atoms with Gasteiger partial charge < -0.3 is 19.5 Å². The van der Waals surface area contributed by atoms with Crippen molar-refractivity contribution in [3.8, 4) is 11.5 Å². The normalized spacial score (nSPS) is 14.9. The van der Waals surface area contributed by atoms with Gasteiger partial charge in [-0.3, -0.25) is 9.59 Å². The molecule has 1 aliphatic heterocycles. The highest BCUT2D eigenvalue weighted by molar-refractivity contribution is 5.85. The summed E-state index contributed by atoms with van der Waals surface area (Å²) >= 11 is 0. The number of aryl methyl sites for hydroxylation is 2. The Morgan fingerprint density at radius 3 is 2.46 bits per heavy atom. The number of aromatic nitrogens is 1. The molecule has 150 valence electrons. The lowest BCUT2D eigenvalue weighted by Gasteiger charge is -2.32. The first-order valence-corrected chi connectivity index (χ1v) is 9.75. The lowest BCUT2D eigenvalue weighted by atomic mass is 10.1. The molecule has 7 nitrogen and oxygen atoms in total. The van der Waals surface area contributed by atoms with Crippen LogP contribution >= 0.6 is 0 Å². The Hall–Kier alpha value is -2.67. The Bertz CT molecular complexity index is 821. The first-order chi connectivity index (χ1) is 13.5. The van der Waals surface area contributed by atoms with Gasteiger partial charge in [-0.25, -0.2) is 4.98 Å². The van der Waals surface area contributed by atoms with Crippen molar-refractivity contribution < 1.29 is 14.0 Å². The fourth-order valence-corrected chi connectivity index (χ4v) is 3.15. The highest BCUT2D eigenvalue weighted by Gasteiger charge is 2.20. The van der Waals surface area contributed by atoms with Crippen LogP contribution in [0.3, 0.4) is 0 Å². The van der Waals surface area contributed by atoms with Crippen molar-refractivity contribution in [2.45, 2.75) is 26.7 Å². The minimum Gasteiger partial charge on any atom is -0.441 e. The van der Waals surface area contributed by atoms with Crippen LogP contribution in [-0.4, -0.2) is 66.4 Å². The third kappa shape index (κ3) is 4.98. The quantitative estimate of drug-likeness (QED) is 0.819. The van der Waals surface area contributed by atoms with Crippen LogP contribution in [-0.2, 0) is 22.4 Å². The molecule has 0 aliphatic carbocycles. The van der Waals surface area contributed by atoms with Crippen LogP contribution < -0.4 is 5.32 Å². The van der Waals surface area contributed by atoms with Crippen molar-refractivity contribution >= 4 is 11.8 Å². The fraction of sp³-hybridized carbons (Fsp3) is 0.476. The molecule has 0 spiro atoms. The van der Waals surface area contributed by atoms with Gasteiger partial charge in [-0.05, 0) is 38.1 Å². The summed E-state index contributed by atoms with van der Waals surface area (Å²) in [5, 5.41) is 2.71. The molecule has 1 saturated heterocycles. The van der Waals surface area contributed by atoms with Crippen molar-refractivity contribution in [2.24, 2.45) is 0 Å². The SMILES string of the molecule is CCc1ccc(-c2nc(CC(=O)NCC(=O)N3CCN(C)CC3)c(C)o2)cc1. The van der Waals surface area contributed by atoms with E-state index in [1.54, 1.807) is 11.8 Å². The number of nitrogens with zero attached hydrogens (tertiary/aromatic N) is 3. The van der Waals surface area contributed by atoms with Crippen LogP contribution in [0.2, 0.25) is 0 Å². The summed E-state index contributed by atoms with van der Waals surface area (Å²) in [6, 6.07) is 8.04. The van der Waals surface area contributed by atoms with Crippen LogP contribution in [0.5, 0.6) is 0 Å². The fourth-order valence-electron chi connectivity index (χ4n) is 3.15. The second kappa shape index (κ2) is 9.01. The average Bonchev–Trinajstić information content (AvgIpc) is 3.07. The summed E-state index contributed by atoms with van der Waals surface area (Å²) in [6.45, 7) is 7.05. The molecular weight excluding hydrogens is 356 g/mol. The van der Waals surface area contributed by atoms with Crippen molar-refractivity contribution in [1.82, 2.24) is 20.1 Å². The molecule has 1 fully saturated rings. The third-order valence-electron chi connectivity index (χ3n) is 5.12. The summed E-state index contributed by atoms with van der Waals surface area (Å²) in [6.07, 6.45) is 1.07. The predicted octanol–water partition coefficient (Wildman–Crippen LogP) is 1.65. The van der Waals surface area contributed by atoms with Crippen LogP contribution in [0.15, 0.2) is 28.7 Å². The molecule has 0 atom stereocenters. The second-order valence-electron chi connectivity index (χ2n) is 7.21. The summed E-state index contributed by atoms with van der Waals surface area (Å²) in [7, 11) is 2.04. The average molecular weight is 384 g/mol. The highest BCUT2D eigenvalue weighted by Crippen LogP contribution is 2.22. The number of nitrogens with one attached hydrogen (secondary N) is 1. The summed E-state index contributed by atoms with van der Waals surface area (Å²) in [5.74, 6) is 0.855. The standard InChI is InChI=1S/C21H28N4O3/c1-4-16-5-7-17(8-6-16)21-23-18(15(2)28-21)13-19(26)22-14-20(27)25-11-9-24(3)10-12-25/h5-8H,4,9-14H2,1-3H3,(H,22,26). The number of likely N-dealkylation sites (N-methyl/N-ethyl adjacent to an activating group) is 1. The Morgan fingerprint density at radius 2 is 1.82 bits per heavy atom. The maximum atomic E-state index is 12.3. The maximum Gasteiger partial charge on any atom is 0.242 e. The number of hydrogen-bond acceptors (Lipinski definition) is 5. The van der Waals surface area contributed by atoms with Gasteiger partial charge in [0.05, 0.1) is 18.7 Å². The van der Waals surface area contributed by atoms with Crippen LogP contribution in [0.25, 0.3) is 11.5 Å². The summed E-state index contributed by atoms with van der Waals surface area (Å²) < 4.78 is 5.73. The first kappa shape index (κ1) is 20.1. The van der Waals surface area contributed by atoms with E-state index in [-0.39, 0.29) is 24.8 Å². The van der Waals surface area contributed by atoms with E-state index in [2.05, 4.69) is 22.1 Å². The van der Waals surface area contributed by atoms with Gasteiger partial charge in [-0.15, -0.1) is 0 Å². The number of hydrogen-bond donors (Lipinski definition) is 1. The number of carbonyl (C=O) groups is 2. The number of amides is 2. The Labute approximate surface area is 165 Å². The highest BCUT2D eigenvalue weighted by atomic mass is 16.4. The zero-order valence-corrected chi connectivity index (χ0v) is 16.8. The van der Waals surface area contributed by atoms with E-state index in [1.807, 2.05) is 31.3 Å². The van der Waals surface area contributed by atoms with Crippen LogP contribution in [0.4, 0.5) is 0 Å². The van der Waals surface area contributed by atoms with Gasteiger partial charge in [0.1, 0.15) is 5.76 Å². The van der Waals surface area contributed by atoms with E-state index in [9.17, 15) is 9.59 Å². The number of benzene rings is 1. The molecule has 28 heavy (non-hydrogen) atoms. The zero-order chi connectivity index (χ0) is 20.1. The van der Waals surface area contributed by atoms with E-state index >= 15 is 0 Å². The molecule has 0 bridgehead atoms. The Kier molecular flexibility index (Phi) is 6.46. The van der Waals surface area contributed by atoms with Crippen molar-refractivity contribution in [1.29, 1.82) is 0 Å². The van der Waals surface area contributed by atoms with Crippen molar-refractivity contribution in [2.75, 3.05) is 39.8 Å². The third-order valence-corrected chi connectivity index (χ3v) is 5.12. The molecule has 3 rings (SSSR count). The molecule has 1 aromatic heterocycles. The Morgan fingerprint density at radius 1 is 1.14 bits per heavy atom. The molecule has 0 unspecified atom stereocenters. The zero-order valence-electron chi connectivity index (χ0n) is 16.8. The molecule has 1 N–H and O–H groups in total. The van der Waals surface area contributed by atoms with Crippen molar-refractivity contribution in [3.05, 3.63) is 41.3 Å². The number of oxazole rings is 1. The van der Waals surface area contributed by atoms with Gasteiger partial charge in [-0.2, -0.15) is 0 Å². The van der Waals surface area contributed by atoms with E-state index in [0.717, 1.165) is 25.1 Å². The molecule has 2 amide bonds. The molecule has 0 radical (unpaired) electrons. The molecule has 7 heteroatoms. The van der Waals surface area contributed by atoms with E-state index < -0.39 is 0 Å². The van der Waals surface area contributed by atoms with Gasteiger partial charge >= 0.3 is 0 Å². The van der Waals surface area contributed by atoms with Crippen LogP contribution in [0, 0.1) is 6.92 Å². The Balaban J connectivity index is 1.54. The van der Waals surface area contributed by atoms with E-state index in [4.69, 9.17) is 4.42 Å². The number of carbonyl (C=O) groups excluding carboxylic acids is 2. The van der Waals surface area contributed by atoms with Gasteiger partial charge in [0.25, 0.3) is 0 Å². The minimum absolute atomic E-state index is 0.0186. The first-order valence-electron chi connectivity index (χ1n) is 9.75. The van der Waals surface area contributed by atoms with Crippen molar-refractivity contribution in [3.63, 3.8) is 0 Å². The van der Waals surface area contributed by atoms with Gasteiger partial charge in [0.2, 0.25) is 17.7 Å². The molecule has 1 aromatic carbocycles. The summed E-state index contributed by atoms with van der Waals surface area (Å²) in [4.78, 5) is 32.9. The van der Waals surface area contributed by atoms with E-state index in [1.165, 1.54) is 5.56 Å². The van der Waals surface area contributed by atoms with Crippen LogP contribution in [0.1, 0.15) is 23.9 Å². The second-order valence-corrected chi connectivity index (χ2v) is 7.21. The van der Waals surface area contributed by atoms with Gasteiger partial charge in [0, 0.05) is 31.7 Å². The van der Waals surface area contributed by atoms with Gasteiger partial charge in [0.15, 0.2) is 0 Å². The lowest BCUT2D eigenvalue weighted by molar-refractivity contribution is -0.134. The topological polar surface area (TPSA) is 78.7 Å². The van der Waals surface area contributed by atoms with Gasteiger partial charge in [-0.1, -0.05) is 19.1 Å². The molecule has 2 aromatic rings. The van der Waals surface area contributed by atoms with E-state index in [0.29, 0.717) is 30.4 Å². The molecule has 1 aliphatic rings. The largest absolute Gasteiger partial charge is 0.441 e. The molecule has 2 heterocycles. The lowest BCUT2D eigenvalue weighted by Crippen LogP contribution is -2.50. The smallest absolute Gasteiger partial charge is 0.242 e. The monoisotopic (exact) mass is 384 g/mol. The number of piperazine rings is 1. The minimum atomic E-state index is -0.230. The summed E-state index contributed by atoms with van der Waals surface area (Å²) in [5.41, 5.74) is 2.73. The number of rotatable bonds is 6.